The molecule has 0 bridgehead atoms. The SMILES string of the molecule is CN1CCC[C@H](CNC(=O)c2cc(NC3CCC3)cc(S(=O)(=O)NC(C)(C)C)c2)C1. The molecule has 1 atom stereocenters. The van der Waals surface area contributed by atoms with Gasteiger partial charge in [0.1, 0.15) is 0 Å². The molecule has 3 N–H and O–H groups in total. The van der Waals surface area contributed by atoms with Crippen molar-refractivity contribution >= 4 is 21.6 Å². The minimum atomic E-state index is -3.74. The number of benzene rings is 1. The van der Waals surface area contributed by atoms with E-state index in [2.05, 4.69) is 27.3 Å². The van der Waals surface area contributed by atoms with Gasteiger partial charge in [0.2, 0.25) is 10.0 Å². The fourth-order valence-electron chi connectivity index (χ4n) is 4.00. The van der Waals surface area contributed by atoms with Crippen LogP contribution in [-0.4, -0.2) is 57.5 Å². The molecule has 0 radical (unpaired) electrons. The van der Waals surface area contributed by atoms with Gasteiger partial charge in [0.05, 0.1) is 4.90 Å². The Hall–Kier alpha value is -1.64. The predicted molar refractivity (Wildman–Crippen MR) is 120 cm³/mol. The molecule has 30 heavy (non-hydrogen) atoms. The molecule has 1 aromatic rings. The summed E-state index contributed by atoms with van der Waals surface area (Å²) in [7, 11) is -1.64. The number of sulfonamides is 1. The Balaban J connectivity index is 1.79. The molecule has 1 aliphatic heterocycles. The van der Waals surface area contributed by atoms with Gasteiger partial charge < -0.3 is 15.5 Å². The Labute approximate surface area is 181 Å². The molecule has 1 aromatic carbocycles. The van der Waals surface area contributed by atoms with Gasteiger partial charge >= 0.3 is 0 Å². The first-order valence-corrected chi connectivity index (χ1v) is 12.4. The lowest BCUT2D eigenvalue weighted by atomic mass is 9.93. The van der Waals surface area contributed by atoms with Crippen molar-refractivity contribution in [3.63, 3.8) is 0 Å². The fourth-order valence-corrected chi connectivity index (χ4v) is 5.49. The van der Waals surface area contributed by atoms with E-state index >= 15 is 0 Å². The van der Waals surface area contributed by atoms with Crippen molar-refractivity contribution < 1.29 is 13.2 Å². The van der Waals surface area contributed by atoms with Gasteiger partial charge in [0, 0.05) is 35.9 Å². The van der Waals surface area contributed by atoms with E-state index in [1.54, 1.807) is 32.9 Å². The van der Waals surface area contributed by atoms with Crippen molar-refractivity contribution in [2.24, 2.45) is 5.92 Å². The number of rotatable bonds is 7. The molecule has 2 fully saturated rings. The van der Waals surface area contributed by atoms with Gasteiger partial charge in [-0.05, 0) is 90.6 Å². The van der Waals surface area contributed by atoms with Crippen molar-refractivity contribution in [1.29, 1.82) is 0 Å². The maximum Gasteiger partial charge on any atom is 0.251 e. The second-order valence-corrected chi connectivity index (χ2v) is 11.5. The fraction of sp³-hybridized carbons (Fsp3) is 0.682. The molecular formula is C22H36N4O3S. The first kappa shape index (κ1) is 23.0. The number of hydrogen-bond donors (Lipinski definition) is 3. The van der Waals surface area contributed by atoms with E-state index < -0.39 is 15.6 Å². The summed E-state index contributed by atoms with van der Waals surface area (Å²) in [4.78, 5) is 15.3. The molecule has 7 nitrogen and oxygen atoms in total. The number of amides is 1. The molecule has 0 spiro atoms. The third-order valence-electron chi connectivity index (χ3n) is 5.67. The number of nitrogens with one attached hydrogen (secondary N) is 3. The molecule has 3 rings (SSSR count). The average Bonchev–Trinajstić information content (AvgIpc) is 2.60. The number of hydrogen-bond acceptors (Lipinski definition) is 5. The van der Waals surface area contributed by atoms with Gasteiger partial charge in [-0.1, -0.05) is 0 Å². The van der Waals surface area contributed by atoms with E-state index in [1.165, 1.54) is 12.5 Å². The van der Waals surface area contributed by atoms with E-state index in [4.69, 9.17) is 0 Å². The molecule has 0 unspecified atom stereocenters. The lowest BCUT2D eigenvalue weighted by Crippen LogP contribution is -2.41. The van der Waals surface area contributed by atoms with Crippen molar-refractivity contribution in [1.82, 2.24) is 14.9 Å². The summed E-state index contributed by atoms with van der Waals surface area (Å²) in [5.41, 5.74) is 0.447. The summed E-state index contributed by atoms with van der Waals surface area (Å²) in [6.45, 7) is 8.08. The van der Waals surface area contributed by atoms with Crippen LogP contribution in [0.1, 0.15) is 63.2 Å². The smallest absolute Gasteiger partial charge is 0.251 e. The lowest BCUT2D eigenvalue weighted by molar-refractivity contribution is 0.0936. The lowest BCUT2D eigenvalue weighted by Gasteiger charge is -2.30. The Kier molecular flexibility index (Phi) is 7.09. The van der Waals surface area contributed by atoms with Crippen LogP contribution in [0.5, 0.6) is 0 Å². The summed E-state index contributed by atoms with van der Waals surface area (Å²) in [5.74, 6) is 0.197. The summed E-state index contributed by atoms with van der Waals surface area (Å²) in [6, 6.07) is 5.20. The number of anilines is 1. The van der Waals surface area contributed by atoms with Crippen LogP contribution in [0.2, 0.25) is 0 Å². The van der Waals surface area contributed by atoms with E-state index in [0.717, 1.165) is 38.8 Å². The number of piperidine rings is 1. The van der Waals surface area contributed by atoms with Crippen LogP contribution in [0.3, 0.4) is 0 Å². The number of nitrogens with zero attached hydrogens (tertiary/aromatic N) is 1. The highest BCUT2D eigenvalue weighted by molar-refractivity contribution is 7.89. The molecule has 1 aliphatic carbocycles. The number of carbonyl (C=O) groups excluding carboxylic acids is 1. The van der Waals surface area contributed by atoms with Crippen molar-refractivity contribution in [2.75, 3.05) is 32.0 Å². The van der Waals surface area contributed by atoms with Crippen LogP contribution in [0.25, 0.3) is 0 Å². The molecule has 1 saturated carbocycles. The topological polar surface area (TPSA) is 90.5 Å². The highest BCUT2D eigenvalue weighted by atomic mass is 32.2. The summed E-state index contributed by atoms with van der Waals surface area (Å²) in [6.07, 6.45) is 5.54. The standard InChI is InChI=1S/C22H36N4O3S/c1-22(2,3)25-30(28,29)20-12-17(11-19(13-20)24-18-8-5-9-18)21(27)23-14-16-7-6-10-26(4)15-16/h11-13,16,18,24-25H,5-10,14-15H2,1-4H3,(H,23,27)/t16-/m1/s1. The zero-order valence-corrected chi connectivity index (χ0v) is 19.4. The van der Waals surface area contributed by atoms with E-state index in [-0.39, 0.29) is 10.8 Å². The molecule has 2 aliphatic rings. The van der Waals surface area contributed by atoms with Crippen LogP contribution >= 0.6 is 0 Å². The summed E-state index contributed by atoms with van der Waals surface area (Å²) < 4.78 is 28.5. The maximum absolute atomic E-state index is 12.9. The first-order chi connectivity index (χ1) is 14.0. The molecule has 8 heteroatoms. The second kappa shape index (κ2) is 9.24. The molecule has 168 valence electrons. The zero-order chi connectivity index (χ0) is 21.9. The summed E-state index contributed by atoms with van der Waals surface area (Å²) in [5, 5.41) is 6.40. The normalized spacial score (nSPS) is 21.1. The minimum absolute atomic E-state index is 0.115. The molecular weight excluding hydrogens is 400 g/mol. The van der Waals surface area contributed by atoms with Gasteiger partial charge in [-0.25, -0.2) is 13.1 Å². The third kappa shape index (κ3) is 6.43. The summed E-state index contributed by atoms with van der Waals surface area (Å²) >= 11 is 0. The Morgan fingerprint density at radius 2 is 1.87 bits per heavy atom. The quantitative estimate of drug-likeness (QED) is 0.611. The van der Waals surface area contributed by atoms with E-state index in [0.29, 0.717) is 29.8 Å². The van der Waals surface area contributed by atoms with Crippen molar-refractivity contribution in [3.8, 4) is 0 Å². The highest BCUT2D eigenvalue weighted by Crippen LogP contribution is 2.26. The van der Waals surface area contributed by atoms with E-state index in [1.807, 2.05) is 0 Å². The monoisotopic (exact) mass is 436 g/mol. The first-order valence-electron chi connectivity index (χ1n) is 10.9. The Morgan fingerprint density at radius 1 is 1.13 bits per heavy atom. The van der Waals surface area contributed by atoms with Gasteiger partial charge in [-0.2, -0.15) is 0 Å². The number of likely N-dealkylation sites (tertiary alicyclic amines) is 1. The second-order valence-electron chi connectivity index (χ2n) is 9.85. The van der Waals surface area contributed by atoms with Gasteiger partial charge in [0.25, 0.3) is 5.91 Å². The van der Waals surface area contributed by atoms with Crippen LogP contribution in [0.4, 0.5) is 5.69 Å². The van der Waals surface area contributed by atoms with Crippen LogP contribution < -0.4 is 15.4 Å². The minimum Gasteiger partial charge on any atom is -0.382 e. The molecule has 1 amide bonds. The molecule has 1 heterocycles. The van der Waals surface area contributed by atoms with Crippen molar-refractivity contribution in [2.45, 2.75) is 69.4 Å². The van der Waals surface area contributed by atoms with Gasteiger partial charge in [0.15, 0.2) is 0 Å². The van der Waals surface area contributed by atoms with Crippen LogP contribution in [0.15, 0.2) is 23.1 Å². The Morgan fingerprint density at radius 3 is 2.47 bits per heavy atom. The average molecular weight is 437 g/mol. The highest BCUT2D eigenvalue weighted by Gasteiger charge is 2.25. The Bertz CT molecular complexity index is 860. The van der Waals surface area contributed by atoms with Crippen molar-refractivity contribution in [3.05, 3.63) is 23.8 Å². The van der Waals surface area contributed by atoms with Crippen LogP contribution in [-0.2, 0) is 10.0 Å². The largest absolute Gasteiger partial charge is 0.382 e. The zero-order valence-electron chi connectivity index (χ0n) is 18.6. The van der Waals surface area contributed by atoms with Gasteiger partial charge in [-0.15, -0.1) is 0 Å². The third-order valence-corrected chi connectivity index (χ3v) is 7.41. The maximum atomic E-state index is 12.9. The van der Waals surface area contributed by atoms with Crippen LogP contribution in [0, 0.1) is 5.92 Å². The van der Waals surface area contributed by atoms with Gasteiger partial charge in [-0.3, -0.25) is 4.79 Å². The molecule has 0 aromatic heterocycles. The number of carbonyl (C=O) groups is 1. The molecule has 1 saturated heterocycles. The van der Waals surface area contributed by atoms with E-state index in [9.17, 15) is 13.2 Å². The predicted octanol–water partition coefficient (Wildman–Crippen LogP) is 2.80.